The molecule has 0 spiro atoms. The quantitative estimate of drug-likeness (QED) is 0.721. The number of nitrogens with zero attached hydrogens (tertiary/aromatic N) is 3. The van der Waals surface area contributed by atoms with E-state index in [0.29, 0.717) is 12.6 Å². The van der Waals surface area contributed by atoms with Gasteiger partial charge in [-0.05, 0) is 38.9 Å². The molecule has 1 aromatic carbocycles. The maximum Gasteiger partial charge on any atom is 0.178 e. The Morgan fingerprint density at radius 2 is 1.96 bits per heavy atom. The van der Waals surface area contributed by atoms with Gasteiger partial charge in [0.2, 0.25) is 0 Å². The van der Waals surface area contributed by atoms with Crippen molar-refractivity contribution in [1.29, 1.82) is 0 Å². The van der Waals surface area contributed by atoms with Crippen molar-refractivity contribution in [1.82, 2.24) is 14.4 Å². The molecule has 5 nitrogen and oxygen atoms in total. The Labute approximate surface area is 167 Å². The number of hydrogen-bond donors (Lipinski definition) is 0. The van der Waals surface area contributed by atoms with E-state index in [0.717, 1.165) is 56.2 Å². The molecule has 2 atom stereocenters. The molecule has 0 bridgehead atoms. The molecule has 0 amide bonds. The molecule has 2 saturated heterocycles. The third kappa shape index (κ3) is 3.93. The van der Waals surface area contributed by atoms with Gasteiger partial charge in [-0.2, -0.15) is 0 Å². The second kappa shape index (κ2) is 8.19. The molecule has 2 aliphatic rings. The van der Waals surface area contributed by atoms with Gasteiger partial charge in [0.15, 0.2) is 5.78 Å². The first-order valence-corrected chi connectivity index (χ1v) is 10.3. The first-order valence-electron chi connectivity index (χ1n) is 10.3. The summed E-state index contributed by atoms with van der Waals surface area (Å²) >= 11 is 0. The number of morpholine rings is 1. The lowest BCUT2D eigenvalue weighted by Gasteiger charge is -2.33. The van der Waals surface area contributed by atoms with Gasteiger partial charge in [0, 0.05) is 49.2 Å². The van der Waals surface area contributed by atoms with Crippen LogP contribution in [0.25, 0.3) is 0 Å². The Hall–Kier alpha value is -1.95. The highest BCUT2D eigenvalue weighted by molar-refractivity contribution is 5.99. The molecule has 5 heteroatoms. The standard InChI is InChI=1S/C23H31N3O2/c1-17-13-20(18(2)26(17)10-9-19-7-5-4-6-8-19)22(27)15-25-14-21-23(16-25)28-12-11-24(21)3/h4-8,13,21,23H,9-12,14-16H2,1-3H3/t21-,23+/m1/s1. The minimum atomic E-state index is 0.223. The van der Waals surface area contributed by atoms with Crippen LogP contribution in [-0.4, -0.2) is 72.1 Å². The zero-order valence-corrected chi connectivity index (χ0v) is 17.2. The molecule has 28 heavy (non-hydrogen) atoms. The van der Waals surface area contributed by atoms with Crippen LogP contribution in [0.5, 0.6) is 0 Å². The minimum absolute atomic E-state index is 0.223. The Morgan fingerprint density at radius 1 is 1.18 bits per heavy atom. The monoisotopic (exact) mass is 381 g/mol. The number of Topliss-reactive ketones (excluding diaryl/α,β-unsaturated/α-hetero) is 1. The number of hydrogen-bond acceptors (Lipinski definition) is 4. The number of carbonyl (C=O) groups excluding carboxylic acids is 1. The summed E-state index contributed by atoms with van der Waals surface area (Å²) in [6.07, 6.45) is 1.22. The summed E-state index contributed by atoms with van der Waals surface area (Å²) in [5.74, 6) is 0.223. The van der Waals surface area contributed by atoms with Crippen LogP contribution in [0.2, 0.25) is 0 Å². The molecule has 0 radical (unpaired) electrons. The zero-order chi connectivity index (χ0) is 19.7. The van der Waals surface area contributed by atoms with Crippen molar-refractivity contribution in [2.75, 3.05) is 39.8 Å². The van der Waals surface area contributed by atoms with Crippen LogP contribution in [0, 0.1) is 13.8 Å². The van der Waals surface area contributed by atoms with Gasteiger partial charge in [-0.25, -0.2) is 0 Å². The predicted molar refractivity (Wildman–Crippen MR) is 111 cm³/mol. The van der Waals surface area contributed by atoms with E-state index in [-0.39, 0.29) is 11.9 Å². The second-order valence-electron chi connectivity index (χ2n) is 8.25. The average Bonchev–Trinajstić information content (AvgIpc) is 3.22. The van der Waals surface area contributed by atoms with Crippen molar-refractivity contribution in [3.05, 3.63) is 58.9 Å². The lowest BCUT2D eigenvalue weighted by atomic mass is 10.1. The van der Waals surface area contributed by atoms with Crippen LogP contribution in [0.4, 0.5) is 0 Å². The number of fused-ring (bicyclic) bond motifs is 1. The normalized spacial score (nSPS) is 23.1. The molecule has 150 valence electrons. The number of ether oxygens (including phenoxy) is 1. The fourth-order valence-corrected chi connectivity index (χ4v) is 4.66. The van der Waals surface area contributed by atoms with E-state index in [9.17, 15) is 4.79 Å². The van der Waals surface area contributed by atoms with E-state index < -0.39 is 0 Å². The van der Waals surface area contributed by atoms with E-state index in [1.54, 1.807) is 0 Å². The SMILES string of the molecule is Cc1cc(C(=O)CN2C[C@@H]3OCCN(C)[C@@H]3C2)c(C)n1CCc1ccccc1. The van der Waals surface area contributed by atoms with E-state index in [1.165, 1.54) is 5.56 Å². The topological polar surface area (TPSA) is 37.7 Å². The number of ketones is 1. The third-order valence-electron chi connectivity index (χ3n) is 6.36. The Bertz CT molecular complexity index is 830. The maximum atomic E-state index is 13.0. The molecule has 2 aliphatic heterocycles. The molecule has 0 aliphatic carbocycles. The molecule has 0 N–H and O–H groups in total. The van der Waals surface area contributed by atoms with E-state index in [4.69, 9.17) is 4.74 Å². The minimum Gasteiger partial charge on any atom is -0.374 e. The molecule has 2 fully saturated rings. The van der Waals surface area contributed by atoms with E-state index in [1.807, 2.05) is 6.07 Å². The van der Waals surface area contributed by atoms with Crippen LogP contribution >= 0.6 is 0 Å². The highest BCUT2D eigenvalue weighted by Crippen LogP contribution is 2.23. The number of aromatic nitrogens is 1. The summed E-state index contributed by atoms with van der Waals surface area (Å²) in [6, 6.07) is 13.0. The van der Waals surface area contributed by atoms with Crippen molar-refractivity contribution >= 4 is 5.78 Å². The fourth-order valence-electron chi connectivity index (χ4n) is 4.66. The predicted octanol–water partition coefficient (Wildman–Crippen LogP) is 2.55. The number of rotatable bonds is 6. The van der Waals surface area contributed by atoms with Crippen molar-refractivity contribution in [3.63, 3.8) is 0 Å². The van der Waals surface area contributed by atoms with Gasteiger partial charge >= 0.3 is 0 Å². The van der Waals surface area contributed by atoms with Gasteiger partial charge in [-0.1, -0.05) is 30.3 Å². The Balaban J connectivity index is 1.41. The summed E-state index contributed by atoms with van der Waals surface area (Å²) < 4.78 is 8.19. The number of likely N-dealkylation sites (tertiary alicyclic amines) is 1. The van der Waals surface area contributed by atoms with Gasteiger partial charge in [0.1, 0.15) is 0 Å². The van der Waals surface area contributed by atoms with E-state index >= 15 is 0 Å². The highest BCUT2D eigenvalue weighted by atomic mass is 16.5. The van der Waals surface area contributed by atoms with Gasteiger partial charge in [-0.15, -0.1) is 0 Å². The summed E-state index contributed by atoms with van der Waals surface area (Å²) in [5, 5.41) is 0. The average molecular weight is 382 g/mol. The number of carbonyl (C=O) groups is 1. The fraction of sp³-hybridized carbons (Fsp3) is 0.522. The van der Waals surface area contributed by atoms with Crippen LogP contribution in [0.3, 0.4) is 0 Å². The number of aryl methyl sites for hydroxylation is 2. The summed E-state index contributed by atoms with van der Waals surface area (Å²) in [4.78, 5) is 17.7. The van der Waals surface area contributed by atoms with Crippen molar-refractivity contribution < 1.29 is 9.53 Å². The second-order valence-corrected chi connectivity index (χ2v) is 8.25. The summed E-state index contributed by atoms with van der Waals surface area (Å²) in [5.41, 5.74) is 4.44. The molecule has 3 heterocycles. The van der Waals surface area contributed by atoms with Crippen molar-refractivity contribution in [3.8, 4) is 0 Å². The van der Waals surface area contributed by atoms with Gasteiger partial charge in [0.25, 0.3) is 0 Å². The molecule has 0 saturated carbocycles. The highest BCUT2D eigenvalue weighted by Gasteiger charge is 2.39. The van der Waals surface area contributed by atoms with Gasteiger partial charge in [-0.3, -0.25) is 14.6 Å². The van der Waals surface area contributed by atoms with Gasteiger partial charge < -0.3 is 9.30 Å². The summed E-state index contributed by atoms with van der Waals surface area (Å²) in [7, 11) is 2.16. The van der Waals surface area contributed by atoms with Crippen LogP contribution in [0.1, 0.15) is 27.3 Å². The van der Waals surface area contributed by atoms with Crippen molar-refractivity contribution in [2.24, 2.45) is 0 Å². The Morgan fingerprint density at radius 3 is 2.71 bits per heavy atom. The lowest BCUT2D eigenvalue weighted by molar-refractivity contribution is -0.0369. The zero-order valence-electron chi connectivity index (χ0n) is 17.2. The molecule has 1 aromatic heterocycles. The third-order valence-corrected chi connectivity index (χ3v) is 6.36. The van der Waals surface area contributed by atoms with Crippen LogP contribution in [-0.2, 0) is 17.7 Å². The molecule has 4 rings (SSSR count). The van der Waals surface area contributed by atoms with Gasteiger partial charge in [0.05, 0.1) is 19.3 Å². The molecular formula is C23H31N3O2. The van der Waals surface area contributed by atoms with Crippen LogP contribution < -0.4 is 0 Å². The van der Waals surface area contributed by atoms with Crippen molar-refractivity contribution in [2.45, 2.75) is 39.0 Å². The Kier molecular flexibility index (Phi) is 5.67. The maximum absolute atomic E-state index is 13.0. The smallest absolute Gasteiger partial charge is 0.178 e. The number of benzene rings is 1. The summed E-state index contributed by atoms with van der Waals surface area (Å²) in [6.45, 7) is 9.10. The first-order chi connectivity index (χ1) is 13.5. The van der Waals surface area contributed by atoms with Crippen LogP contribution in [0.15, 0.2) is 36.4 Å². The van der Waals surface area contributed by atoms with E-state index in [2.05, 4.69) is 65.6 Å². The first kappa shape index (κ1) is 19.4. The molecule has 0 unspecified atom stereocenters. The lowest BCUT2D eigenvalue weighted by Crippen LogP contribution is -2.48. The largest absolute Gasteiger partial charge is 0.374 e. The number of likely N-dealkylation sites (N-methyl/N-ethyl adjacent to an activating group) is 1. The molecular weight excluding hydrogens is 350 g/mol. The molecule has 2 aromatic rings.